The Morgan fingerprint density at radius 3 is 2.47 bits per heavy atom. The first-order chi connectivity index (χ1) is 20.2. The van der Waals surface area contributed by atoms with E-state index in [1.807, 2.05) is 20.8 Å². The van der Waals surface area contributed by atoms with E-state index in [0.29, 0.717) is 6.42 Å². The molecular weight excluding hydrogens is 599 g/mol. The van der Waals surface area contributed by atoms with Crippen molar-refractivity contribution in [3.05, 3.63) is 93.0 Å². The summed E-state index contributed by atoms with van der Waals surface area (Å²) < 4.78 is 37.0. The van der Waals surface area contributed by atoms with Crippen LogP contribution in [0.4, 0.5) is 14.5 Å². The number of rotatable bonds is 8. The highest BCUT2D eigenvalue weighted by molar-refractivity contribution is 6.31. The molecule has 0 aliphatic carbocycles. The van der Waals surface area contributed by atoms with Crippen LogP contribution in [0.3, 0.4) is 0 Å². The fourth-order valence-corrected chi connectivity index (χ4v) is 6.17. The van der Waals surface area contributed by atoms with Gasteiger partial charge in [0.25, 0.3) is 0 Å². The Kier molecular flexibility index (Phi) is 9.36. The van der Waals surface area contributed by atoms with Crippen molar-refractivity contribution in [3.8, 4) is 11.8 Å². The van der Waals surface area contributed by atoms with Crippen LogP contribution in [0.5, 0.6) is 5.75 Å². The summed E-state index contributed by atoms with van der Waals surface area (Å²) in [5.41, 5.74) is -2.13. The molecule has 2 unspecified atom stereocenters. The van der Waals surface area contributed by atoms with E-state index >= 15 is 8.78 Å². The first-order valence-corrected chi connectivity index (χ1v) is 14.4. The zero-order chi connectivity index (χ0) is 31.7. The molecule has 3 N–H and O–H groups in total. The first kappa shape index (κ1) is 32.2. The number of amides is 1. The van der Waals surface area contributed by atoms with E-state index in [2.05, 4.69) is 16.7 Å². The van der Waals surface area contributed by atoms with Crippen LogP contribution in [-0.2, 0) is 10.2 Å². The number of carbonyl (C=O) groups excluding carboxylic acids is 1. The molecule has 1 saturated heterocycles. The second-order valence-electron chi connectivity index (χ2n) is 11.6. The average molecular weight is 631 g/mol. The van der Waals surface area contributed by atoms with Gasteiger partial charge in [0.1, 0.15) is 28.4 Å². The molecule has 1 amide bonds. The van der Waals surface area contributed by atoms with Crippen LogP contribution in [-0.4, -0.2) is 35.7 Å². The Balaban J connectivity index is 1.92. The van der Waals surface area contributed by atoms with Crippen molar-refractivity contribution in [2.75, 3.05) is 11.9 Å². The monoisotopic (exact) mass is 629 g/mol. The van der Waals surface area contributed by atoms with Crippen LogP contribution in [0.2, 0.25) is 10.0 Å². The van der Waals surface area contributed by atoms with E-state index in [-0.39, 0.29) is 44.8 Å². The maximum atomic E-state index is 15.8. The number of halogens is 4. The summed E-state index contributed by atoms with van der Waals surface area (Å²) in [5, 5.41) is 26.3. The summed E-state index contributed by atoms with van der Waals surface area (Å²) in [7, 11) is 0. The number of hydrogen-bond donors (Lipinski definition) is 3. The van der Waals surface area contributed by atoms with Gasteiger partial charge in [-0.2, -0.15) is 5.26 Å². The highest BCUT2D eigenvalue weighted by Gasteiger charge is 2.61. The molecule has 11 heteroatoms. The van der Waals surface area contributed by atoms with Gasteiger partial charge in [0.05, 0.1) is 23.7 Å². The van der Waals surface area contributed by atoms with E-state index in [4.69, 9.17) is 27.9 Å². The van der Waals surface area contributed by atoms with Gasteiger partial charge in [-0.1, -0.05) is 62.2 Å². The fraction of sp³-hybridized carbons (Fsp3) is 0.344. The summed E-state index contributed by atoms with van der Waals surface area (Å²) >= 11 is 12.2. The molecule has 0 aromatic heterocycles. The summed E-state index contributed by atoms with van der Waals surface area (Å²) in [6, 6.07) is 12.5. The molecule has 43 heavy (non-hydrogen) atoms. The molecule has 1 aliphatic heterocycles. The number of carbonyl (C=O) groups is 2. The Labute approximate surface area is 258 Å². The van der Waals surface area contributed by atoms with Gasteiger partial charge < -0.3 is 20.5 Å². The first-order valence-electron chi connectivity index (χ1n) is 13.6. The number of carboxylic acid groups (broad SMARTS) is 1. The van der Waals surface area contributed by atoms with Crippen molar-refractivity contribution in [1.82, 2.24) is 5.32 Å². The predicted octanol–water partition coefficient (Wildman–Crippen LogP) is 7.33. The third kappa shape index (κ3) is 6.32. The SMILES string of the molecule is CCOc1cc(NC(=O)[C@@H]2NC(CC(C)(C)C)[C@](C#N)(c3ccc(Cl)cc3F)C2c2cccc(Cl)c2F)ccc1C(=O)O. The quantitative estimate of drug-likeness (QED) is 0.240. The van der Waals surface area contributed by atoms with Crippen molar-refractivity contribution >= 4 is 40.8 Å². The molecule has 4 rings (SSSR count). The number of nitriles is 1. The molecular formula is C32H31Cl2F2N3O4. The van der Waals surface area contributed by atoms with Crippen LogP contribution in [0.25, 0.3) is 0 Å². The summed E-state index contributed by atoms with van der Waals surface area (Å²) in [5.74, 6) is -4.66. The number of nitrogens with one attached hydrogen (secondary N) is 2. The van der Waals surface area contributed by atoms with Gasteiger partial charge in [0.2, 0.25) is 5.91 Å². The average Bonchev–Trinajstić information content (AvgIpc) is 3.23. The van der Waals surface area contributed by atoms with Gasteiger partial charge >= 0.3 is 5.97 Å². The lowest BCUT2D eigenvalue weighted by Gasteiger charge is -2.37. The lowest BCUT2D eigenvalue weighted by atomic mass is 9.62. The number of benzene rings is 3. The standard InChI is InChI=1S/C32H31Cl2F2N3O4/c1-5-43-24-14-18(10-11-19(24)30(41)42)38-29(40)28-26(20-7-6-8-22(34)27(20)36)32(16-37,25(39-28)15-31(2,3)4)21-12-9-17(33)13-23(21)35/h6-14,25-26,28,39H,5,15H2,1-4H3,(H,38,40)(H,41,42)/t25?,26?,28-,32+/m1/s1. The van der Waals surface area contributed by atoms with Gasteiger partial charge in [0, 0.05) is 34.3 Å². The van der Waals surface area contributed by atoms with Gasteiger partial charge in [0.15, 0.2) is 0 Å². The van der Waals surface area contributed by atoms with Gasteiger partial charge in [-0.3, -0.25) is 4.79 Å². The minimum absolute atomic E-state index is 0.0368. The van der Waals surface area contributed by atoms with E-state index in [1.54, 1.807) is 6.92 Å². The number of ether oxygens (including phenoxy) is 1. The van der Waals surface area contributed by atoms with E-state index in [0.717, 1.165) is 6.07 Å². The molecule has 0 spiro atoms. The number of carboxylic acids is 1. The van der Waals surface area contributed by atoms with Crippen molar-refractivity contribution in [2.24, 2.45) is 5.41 Å². The highest BCUT2D eigenvalue weighted by atomic mass is 35.5. The third-order valence-electron chi connectivity index (χ3n) is 7.51. The van der Waals surface area contributed by atoms with Crippen LogP contribution in [0, 0.1) is 28.4 Å². The van der Waals surface area contributed by atoms with Gasteiger partial charge in [-0.25, -0.2) is 13.6 Å². The Bertz CT molecular complexity index is 1600. The predicted molar refractivity (Wildman–Crippen MR) is 161 cm³/mol. The summed E-state index contributed by atoms with van der Waals surface area (Å²) in [6.45, 7) is 7.70. The molecule has 0 saturated carbocycles. The van der Waals surface area contributed by atoms with Gasteiger partial charge in [-0.15, -0.1) is 0 Å². The fourth-order valence-electron chi connectivity index (χ4n) is 5.83. The summed E-state index contributed by atoms with van der Waals surface area (Å²) in [6.07, 6.45) is 0.312. The second kappa shape index (κ2) is 12.5. The second-order valence-corrected chi connectivity index (χ2v) is 12.5. The molecule has 3 aromatic rings. The normalized spacial score (nSPS) is 21.7. The summed E-state index contributed by atoms with van der Waals surface area (Å²) in [4.78, 5) is 25.7. The van der Waals surface area contributed by atoms with Crippen molar-refractivity contribution in [3.63, 3.8) is 0 Å². The van der Waals surface area contributed by atoms with Crippen molar-refractivity contribution in [2.45, 2.75) is 57.5 Å². The maximum absolute atomic E-state index is 15.8. The van der Waals surface area contributed by atoms with Crippen LogP contribution in [0.15, 0.2) is 54.6 Å². The molecule has 4 atom stereocenters. The number of aromatic carboxylic acids is 1. The van der Waals surface area contributed by atoms with E-state index in [1.165, 1.54) is 48.5 Å². The maximum Gasteiger partial charge on any atom is 0.339 e. The zero-order valence-electron chi connectivity index (χ0n) is 24.0. The van der Waals surface area contributed by atoms with E-state index in [9.17, 15) is 20.0 Å². The molecule has 3 aromatic carbocycles. The lowest BCUT2D eigenvalue weighted by Crippen LogP contribution is -2.45. The van der Waals surface area contributed by atoms with Crippen LogP contribution < -0.4 is 15.4 Å². The molecule has 1 heterocycles. The number of nitrogens with zero attached hydrogens (tertiary/aromatic N) is 1. The number of anilines is 1. The topological polar surface area (TPSA) is 111 Å². The van der Waals surface area contributed by atoms with Gasteiger partial charge in [-0.05, 0) is 54.7 Å². The largest absolute Gasteiger partial charge is 0.493 e. The molecule has 0 bridgehead atoms. The van der Waals surface area contributed by atoms with Crippen LogP contribution >= 0.6 is 23.2 Å². The smallest absolute Gasteiger partial charge is 0.339 e. The highest BCUT2D eigenvalue weighted by Crippen LogP contribution is 2.53. The Morgan fingerprint density at radius 2 is 1.86 bits per heavy atom. The molecule has 1 aliphatic rings. The Morgan fingerprint density at radius 1 is 1.14 bits per heavy atom. The zero-order valence-corrected chi connectivity index (χ0v) is 25.5. The number of hydrogen-bond acceptors (Lipinski definition) is 5. The molecule has 7 nitrogen and oxygen atoms in total. The lowest BCUT2D eigenvalue weighted by molar-refractivity contribution is -0.118. The van der Waals surface area contributed by atoms with E-state index < -0.39 is 52.3 Å². The minimum atomic E-state index is -1.78. The molecule has 0 radical (unpaired) electrons. The van der Waals surface area contributed by atoms with Crippen molar-refractivity contribution < 1.29 is 28.2 Å². The molecule has 226 valence electrons. The van der Waals surface area contributed by atoms with Crippen LogP contribution in [0.1, 0.15) is 61.5 Å². The van der Waals surface area contributed by atoms with Crippen molar-refractivity contribution in [1.29, 1.82) is 5.26 Å². The third-order valence-corrected chi connectivity index (χ3v) is 8.04. The Hall–Kier alpha value is -3.71. The minimum Gasteiger partial charge on any atom is -0.493 e. The molecule has 1 fully saturated rings.